The molecule has 1 atom stereocenters. The molecule has 0 bridgehead atoms. The molecule has 0 saturated heterocycles. The van der Waals surface area contributed by atoms with Crippen LogP contribution in [0.25, 0.3) is 0 Å². The van der Waals surface area contributed by atoms with E-state index in [0.717, 1.165) is 0 Å². The van der Waals surface area contributed by atoms with Crippen LogP contribution in [0.1, 0.15) is 5.56 Å². The number of carboxylic acids is 1. The molecule has 0 aromatic heterocycles. The summed E-state index contributed by atoms with van der Waals surface area (Å²) in [6.07, 6.45) is 0. The van der Waals surface area contributed by atoms with Crippen molar-refractivity contribution in [1.29, 1.82) is 0 Å². The summed E-state index contributed by atoms with van der Waals surface area (Å²) in [7, 11) is 0. The first-order valence-electron chi connectivity index (χ1n) is 4.36. The molecule has 1 N–H and O–H groups in total. The van der Waals surface area contributed by atoms with Crippen LogP contribution in [0.5, 0.6) is 0 Å². The number of halogens is 1. The highest BCUT2D eigenvalue weighted by Gasteiger charge is 2.25. The van der Waals surface area contributed by atoms with Gasteiger partial charge in [-0.2, -0.15) is 0 Å². The minimum Gasteiger partial charge on any atom is -0.480 e. The third kappa shape index (κ3) is 1.96. The van der Waals surface area contributed by atoms with E-state index in [2.05, 4.69) is 4.99 Å². The van der Waals surface area contributed by atoms with Crippen LogP contribution in [0.2, 0.25) is 0 Å². The predicted octanol–water partition coefficient (Wildman–Crippen LogP) is 1.06. The number of rotatable bonds is 2. The monoisotopic (exact) mass is 209 g/mol. The van der Waals surface area contributed by atoms with Crippen molar-refractivity contribution < 1.29 is 19.0 Å². The van der Waals surface area contributed by atoms with Crippen LogP contribution < -0.4 is 0 Å². The van der Waals surface area contributed by atoms with Gasteiger partial charge in [0.1, 0.15) is 12.4 Å². The second-order valence-electron chi connectivity index (χ2n) is 3.11. The first-order chi connectivity index (χ1) is 7.16. The molecule has 2 rings (SSSR count). The average molecular weight is 209 g/mol. The second kappa shape index (κ2) is 3.68. The predicted molar refractivity (Wildman–Crippen MR) is 50.3 cm³/mol. The maximum Gasteiger partial charge on any atom is 0.332 e. The lowest BCUT2D eigenvalue weighted by Crippen LogP contribution is -2.18. The number of aliphatic imine (C=N–C) groups is 1. The van der Waals surface area contributed by atoms with Crippen LogP contribution in [0.3, 0.4) is 0 Å². The lowest BCUT2D eigenvalue weighted by atomic mass is 10.2. The maximum absolute atomic E-state index is 12.8. The fourth-order valence-electron chi connectivity index (χ4n) is 1.28. The number of hydrogen-bond acceptors (Lipinski definition) is 3. The number of carbonyl (C=O) groups is 1. The Balaban J connectivity index is 2.26. The Morgan fingerprint density at radius 2 is 2.40 bits per heavy atom. The Bertz CT molecular complexity index is 430. The third-order valence-corrected chi connectivity index (χ3v) is 2.01. The molecule has 0 unspecified atom stereocenters. The Morgan fingerprint density at radius 1 is 1.60 bits per heavy atom. The summed E-state index contributed by atoms with van der Waals surface area (Å²) in [6, 6.07) is 4.80. The number of benzene rings is 1. The van der Waals surface area contributed by atoms with E-state index in [1.807, 2.05) is 0 Å². The fourth-order valence-corrected chi connectivity index (χ4v) is 1.28. The van der Waals surface area contributed by atoms with Crippen LogP contribution in [-0.4, -0.2) is 29.6 Å². The van der Waals surface area contributed by atoms with Gasteiger partial charge in [-0.15, -0.1) is 0 Å². The Hall–Kier alpha value is -1.91. The Morgan fingerprint density at radius 3 is 3.00 bits per heavy atom. The SMILES string of the molecule is O=C(O)[C@@H]1COC(c2cccc(F)c2)=N1. The van der Waals surface area contributed by atoms with Gasteiger partial charge in [-0.05, 0) is 18.2 Å². The van der Waals surface area contributed by atoms with Crippen LogP contribution in [0, 0.1) is 5.82 Å². The quantitative estimate of drug-likeness (QED) is 0.792. The molecule has 0 fully saturated rings. The lowest BCUT2D eigenvalue weighted by molar-refractivity contribution is -0.138. The molecular formula is C10H8FNO3. The van der Waals surface area contributed by atoms with Crippen LogP contribution in [-0.2, 0) is 9.53 Å². The van der Waals surface area contributed by atoms with Crippen LogP contribution >= 0.6 is 0 Å². The molecule has 1 aromatic rings. The van der Waals surface area contributed by atoms with Gasteiger partial charge in [0.25, 0.3) is 0 Å². The molecule has 0 radical (unpaired) electrons. The van der Waals surface area contributed by atoms with E-state index in [1.165, 1.54) is 18.2 Å². The van der Waals surface area contributed by atoms with Crippen molar-refractivity contribution in [2.75, 3.05) is 6.61 Å². The van der Waals surface area contributed by atoms with Crippen LogP contribution in [0.15, 0.2) is 29.3 Å². The first-order valence-corrected chi connectivity index (χ1v) is 4.36. The van der Waals surface area contributed by atoms with E-state index < -0.39 is 17.8 Å². The molecule has 0 spiro atoms. The van der Waals surface area contributed by atoms with E-state index in [4.69, 9.17) is 9.84 Å². The minimum absolute atomic E-state index is 0.00117. The van der Waals surface area contributed by atoms with Gasteiger partial charge < -0.3 is 9.84 Å². The lowest BCUT2D eigenvalue weighted by Gasteiger charge is -2.00. The molecule has 1 aliphatic rings. The van der Waals surface area contributed by atoms with Gasteiger partial charge in [-0.3, -0.25) is 0 Å². The molecule has 5 heteroatoms. The van der Waals surface area contributed by atoms with Crippen molar-refractivity contribution in [2.24, 2.45) is 4.99 Å². The summed E-state index contributed by atoms with van der Waals surface area (Å²) < 4.78 is 17.9. The highest BCUT2D eigenvalue weighted by Crippen LogP contribution is 2.13. The van der Waals surface area contributed by atoms with Gasteiger partial charge in [0, 0.05) is 5.56 Å². The normalized spacial score (nSPS) is 19.5. The van der Waals surface area contributed by atoms with E-state index in [9.17, 15) is 9.18 Å². The highest BCUT2D eigenvalue weighted by molar-refractivity contribution is 5.97. The maximum atomic E-state index is 12.8. The number of hydrogen-bond donors (Lipinski definition) is 1. The molecule has 1 heterocycles. The summed E-state index contributed by atoms with van der Waals surface area (Å²) in [5, 5.41) is 8.67. The summed E-state index contributed by atoms with van der Waals surface area (Å²) in [4.78, 5) is 14.4. The largest absolute Gasteiger partial charge is 0.480 e. The van der Waals surface area contributed by atoms with Gasteiger partial charge in [0.2, 0.25) is 5.90 Å². The molecule has 0 saturated carbocycles. The Kier molecular flexibility index (Phi) is 2.37. The van der Waals surface area contributed by atoms with Gasteiger partial charge in [0.15, 0.2) is 6.04 Å². The zero-order chi connectivity index (χ0) is 10.8. The summed E-state index contributed by atoms with van der Waals surface area (Å²) >= 11 is 0. The molecule has 0 amide bonds. The van der Waals surface area contributed by atoms with Crippen molar-refractivity contribution in [3.63, 3.8) is 0 Å². The van der Waals surface area contributed by atoms with Crippen LogP contribution in [0.4, 0.5) is 4.39 Å². The van der Waals surface area contributed by atoms with Crippen molar-refractivity contribution in [1.82, 2.24) is 0 Å². The minimum atomic E-state index is -1.04. The molecular weight excluding hydrogens is 201 g/mol. The third-order valence-electron chi connectivity index (χ3n) is 2.01. The van der Waals surface area contributed by atoms with E-state index in [-0.39, 0.29) is 12.5 Å². The average Bonchev–Trinajstić information content (AvgIpc) is 2.66. The standard InChI is InChI=1S/C10H8FNO3/c11-7-3-1-2-6(4-7)9-12-8(5-15-9)10(13)14/h1-4,8H,5H2,(H,13,14)/t8-/m0/s1. The number of nitrogens with zero attached hydrogens (tertiary/aromatic N) is 1. The van der Waals surface area contributed by atoms with Gasteiger partial charge in [0.05, 0.1) is 0 Å². The number of ether oxygens (including phenoxy) is 1. The summed E-state index contributed by atoms with van der Waals surface area (Å²) in [6.45, 7) is 0.00117. The van der Waals surface area contributed by atoms with Crippen molar-refractivity contribution >= 4 is 11.9 Å². The fraction of sp³-hybridized carbons (Fsp3) is 0.200. The number of aliphatic carboxylic acids is 1. The molecule has 78 valence electrons. The van der Waals surface area contributed by atoms with E-state index >= 15 is 0 Å². The molecule has 4 nitrogen and oxygen atoms in total. The van der Waals surface area contributed by atoms with E-state index in [1.54, 1.807) is 6.07 Å². The smallest absolute Gasteiger partial charge is 0.332 e. The zero-order valence-corrected chi connectivity index (χ0v) is 7.68. The molecule has 0 aliphatic carbocycles. The number of carboxylic acid groups (broad SMARTS) is 1. The summed E-state index contributed by atoms with van der Waals surface area (Å²) in [5.41, 5.74) is 0.457. The van der Waals surface area contributed by atoms with Gasteiger partial charge in [-0.1, -0.05) is 6.07 Å². The Labute approximate surface area is 85.0 Å². The van der Waals surface area contributed by atoms with E-state index in [0.29, 0.717) is 5.56 Å². The van der Waals surface area contributed by atoms with Gasteiger partial charge >= 0.3 is 5.97 Å². The summed E-state index contributed by atoms with van der Waals surface area (Å²) in [5.74, 6) is -1.26. The molecule has 1 aromatic carbocycles. The van der Waals surface area contributed by atoms with Crippen molar-refractivity contribution in [2.45, 2.75) is 6.04 Å². The second-order valence-corrected chi connectivity index (χ2v) is 3.11. The van der Waals surface area contributed by atoms with Crippen molar-refractivity contribution in [3.05, 3.63) is 35.6 Å². The first kappa shape index (κ1) is 9.64. The topological polar surface area (TPSA) is 58.9 Å². The molecule has 1 aliphatic heterocycles. The van der Waals surface area contributed by atoms with Crippen molar-refractivity contribution in [3.8, 4) is 0 Å². The van der Waals surface area contributed by atoms with Gasteiger partial charge in [-0.25, -0.2) is 14.2 Å². The highest BCUT2D eigenvalue weighted by atomic mass is 19.1. The molecule has 15 heavy (non-hydrogen) atoms. The zero-order valence-electron chi connectivity index (χ0n) is 7.68.